The summed E-state index contributed by atoms with van der Waals surface area (Å²) in [7, 11) is 1.49. The molecule has 0 unspecified atom stereocenters. The summed E-state index contributed by atoms with van der Waals surface area (Å²) in [4.78, 5) is 11.4. The van der Waals surface area contributed by atoms with Crippen LogP contribution < -0.4 is 5.32 Å². The summed E-state index contributed by atoms with van der Waals surface area (Å²) in [6.07, 6.45) is 0. The molecule has 5 nitrogen and oxygen atoms in total. The van der Waals surface area contributed by atoms with Gasteiger partial charge in [0.2, 0.25) is 5.91 Å². The first-order valence-corrected chi connectivity index (χ1v) is 6.93. The van der Waals surface area contributed by atoms with Crippen LogP contribution in [0.4, 0.5) is 5.69 Å². The molecule has 0 aliphatic carbocycles. The molecule has 0 aliphatic heterocycles. The number of hydrogen-bond acceptors (Lipinski definition) is 3. The SMILES string of the molecule is COCC(=O)Nc1ccc(-n2nc(C)c(Br)c2C)cc1. The molecule has 0 saturated heterocycles. The minimum Gasteiger partial charge on any atom is -0.375 e. The van der Waals surface area contributed by atoms with Crippen molar-refractivity contribution in [2.24, 2.45) is 0 Å². The van der Waals surface area contributed by atoms with Gasteiger partial charge in [0.25, 0.3) is 0 Å². The Morgan fingerprint density at radius 2 is 2.00 bits per heavy atom. The second-order valence-corrected chi connectivity index (χ2v) is 5.22. The van der Waals surface area contributed by atoms with Crippen molar-refractivity contribution in [1.82, 2.24) is 9.78 Å². The fourth-order valence-corrected chi connectivity index (χ4v) is 2.14. The molecule has 1 aromatic heterocycles. The number of aryl methyl sites for hydroxylation is 1. The number of ether oxygens (including phenoxy) is 1. The lowest BCUT2D eigenvalue weighted by atomic mass is 10.2. The first kappa shape index (κ1) is 14.7. The Morgan fingerprint density at radius 3 is 2.50 bits per heavy atom. The molecule has 106 valence electrons. The van der Waals surface area contributed by atoms with E-state index in [1.54, 1.807) is 0 Å². The van der Waals surface area contributed by atoms with E-state index in [-0.39, 0.29) is 12.5 Å². The Balaban J connectivity index is 2.19. The summed E-state index contributed by atoms with van der Waals surface area (Å²) < 4.78 is 7.64. The van der Waals surface area contributed by atoms with E-state index < -0.39 is 0 Å². The Bertz CT molecular complexity index is 620. The third kappa shape index (κ3) is 3.08. The number of anilines is 1. The number of amides is 1. The van der Waals surface area contributed by atoms with Crippen molar-refractivity contribution in [2.45, 2.75) is 13.8 Å². The van der Waals surface area contributed by atoms with Crippen molar-refractivity contribution in [3.8, 4) is 5.69 Å². The lowest BCUT2D eigenvalue weighted by molar-refractivity contribution is -0.119. The normalized spacial score (nSPS) is 10.6. The van der Waals surface area contributed by atoms with Gasteiger partial charge in [0.05, 0.1) is 21.5 Å². The molecule has 0 saturated carbocycles. The average molecular weight is 338 g/mol. The van der Waals surface area contributed by atoms with Crippen LogP contribution in [-0.2, 0) is 9.53 Å². The van der Waals surface area contributed by atoms with Crippen LogP contribution >= 0.6 is 15.9 Å². The molecule has 0 atom stereocenters. The minimum absolute atomic E-state index is 0.0478. The van der Waals surface area contributed by atoms with Gasteiger partial charge in [-0.05, 0) is 54.0 Å². The second kappa shape index (κ2) is 6.19. The monoisotopic (exact) mass is 337 g/mol. The summed E-state index contributed by atoms with van der Waals surface area (Å²) in [5.41, 5.74) is 3.66. The van der Waals surface area contributed by atoms with Crippen molar-refractivity contribution < 1.29 is 9.53 Å². The van der Waals surface area contributed by atoms with Gasteiger partial charge in [-0.2, -0.15) is 5.10 Å². The topological polar surface area (TPSA) is 56.1 Å². The van der Waals surface area contributed by atoms with Gasteiger partial charge in [-0.25, -0.2) is 4.68 Å². The molecular formula is C14H16BrN3O2. The predicted octanol–water partition coefficient (Wildman–Crippen LogP) is 2.84. The van der Waals surface area contributed by atoms with E-state index in [2.05, 4.69) is 26.3 Å². The molecule has 1 N–H and O–H groups in total. The third-order valence-electron chi connectivity index (χ3n) is 2.87. The zero-order valence-corrected chi connectivity index (χ0v) is 13.2. The number of benzene rings is 1. The molecule has 2 aromatic rings. The number of hydrogen-bond donors (Lipinski definition) is 1. The standard InChI is InChI=1S/C14H16BrN3O2/c1-9-14(15)10(2)18(17-9)12-6-4-11(5-7-12)16-13(19)8-20-3/h4-7H,8H2,1-3H3,(H,16,19). The van der Waals surface area contributed by atoms with E-state index in [1.165, 1.54) is 7.11 Å². The van der Waals surface area contributed by atoms with Gasteiger partial charge in [-0.15, -0.1) is 0 Å². The molecule has 20 heavy (non-hydrogen) atoms. The number of carbonyl (C=O) groups is 1. The largest absolute Gasteiger partial charge is 0.375 e. The molecule has 0 radical (unpaired) electrons. The Morgan fingerprint density at radius 1 is 1.35 bits per heavy atom. The molecule has 1 heterocycles. The molecule has 0 aliphatic rings. The van der Waals surface area contributed by atoms with E-state index >= 15 is 0 Å². The van der Waals surface area contributed by atoms with Gasteiger partial charge >= 0.3 is 0 Å². The van der Waals surface area contributed by atoms with E-state index in [1.807, 2.05) is 42.8 Å². The van der Waals surface area contributed by atoms with Crippen LogP contribution in [-0.4, -0.2) is 29.4 Å². The number of methoxy groups -OCH3 is 1. The number of halogens is 1. The molecule has 1 aromatic carbocycles. The maximum atomic E-state index is 11.4. The van der Waals surface area contributed by atoms with Crippen LogP contribution in [0.1, 0.15) is 11.4 Å². The molecule has 0 fully saturated rings. The summed E-state index contributed by atoms with van der Waals surface area (Å²) in [6, 6.07) is 7.50. The Kier molecular flexibility index (Phi) is 4.57. The van der Waals surface area contributed by atoms with Crippen LogP contribution in [0.3, 0.4) is 0 Å². The minimum atomic E-state index is -0.172. The quantitative estimate of drug-likeness (QED) is 0.933. The van der Waals surface area contributed by atoms with Crippen molar-refractivity contribution in [2.75, 3.05) is 19.0 Å². The summed E-state index contributed by atoms with van der Waals surface area (Å²) in [5, 5.41) is 7.21. The molecule has 2 rings (SSSR count). The maximum Gasteiger partial charge on any atom is 0.250 e. The van der Waals surface area contributed by atoms with Crippen LogP contribution in [0.5, 0.6) is 0 Å². The molecule has 0 bridgehead atoms. The van der Waals surface area contributed by atoms with E-state index in [4.69, 9.17) is 4.74 Å². The van der Waals surface area contributed by atoms with Crippen LogP contribution in [0.15, 0.2) is 28.7 Å². The van der Waals surface area contributed by atoms with Crippen LogP contribution in [0, 0.1) is 13.8 Å². The number of nitrogens with zero attached hydrogens (tertiary/aromatic N) is 2. The number of rotatable bonds is 4. The highest BCUT2D eigenvalue weighted by molar-refractivity contribution is 9.10. The summed E-state index contributed by atoms with van der Waals surface area (Å²) in [6.45, 7) is 4.00. The summed E-state index contributed by atoms with van der Waals surface area (Å²) >= 11 is 3.51. The van der Waals surface area contributed by atoms with E-state index in [9.17, 15) is 4.79 Å². The highest BCUT2D eigenvalue weighted by Gasteiger charge is 2.10. The van der Waals surface area contributed by atoms with Gasteiger partial charge in [-0.3, -0.25) is 4.79 Å². The molecule has 1 amide bonds. The lowest BCUT2D eigenvalue weighted by Gasteiger charge is -2.07. The van der Waals surface area contributed by atoms with Crippen molar-refractivity contribution in [3.63, 3.8) is 0 Å². The van der Waals surface area contributed by atoms with Crippen molar-refractivity contribution in [1.29, 1.82) is 0 Å². The molecule has 0 spiro atoms. The van der Waals surface area contributed by atoms with E-state index in [0.29, 0.717) is 0 Å². The highest BCUT2D eigenvalue weighted by Crippen LogP contribution is 2.23. The van der Waals surface area contributed by atoms with Gasteiger partial charge in [0, 0.05) is 12.8 Å². The van der Waals surface area contributed by atoms with Gasteiger partial charge < -0.3 is 10.1 Å². The zero-order valence-electron chi connectivity index (χ0n) is 11.6. The first-order chi connectivity index (χ1) is 9.52. The average Bonchev–Trinajstić information content (AvgIpc) is 2.68. The van der Waals surface area contributed by atoms with E-state index in [0.717, 1.165) is 27.2 Å². The zero-order chi connectivity index (χ0) is 14.7. The Labute approximate surface area is 126 Å². The smallest absolute Gasteiger partial charge is 0.250 e. The second-order valence-electron chi connectivity index (χ2n) is 4.42. The van der Waals surface area contributed by atoms with Gasteiger partial charge in [0.15, 0.2) is 0 Å². The third-order valence-corrected chi connectivity index (χ3v) is 4.02. The Hall–Kier alpha value is -1.66. The van der Waals surface area contributed by atoms with Crippen LogP contribution in [0.2, 0.25) is 0 Å². The fraction of sp³-hybridized carbons (Fsp3) is 0.286. The van der Waals surface area contributed by atoms with Gasteiger partial charge in [-0.1, -0.05) is 0 Å². The fourth-order valence-electron chi connectivity index (χ4n) is 1.89. The van der Waals surface area contributed by atoms with Crippen LogP contribution in [0.25, 0.3) is 5.69 Å². The molecule has 6 heteroatoms. The number of aromatic nitrogens is 2. The van der Waals surface area contributed by atoms with Crippen molar-refractivity contribution >= 4 is 27.5 Å². The number of nitrogens with one attached hydrogen (secondary N) is 1. The number of carbonyl (C=O) groups excluding carboxylic acids is 1. The first-order valence-electron chi connectivity index (χ1n) is 6.14. The van der Waals surface area contributed by atoms with Crippen molar-refractivity contribution in [3.05, 3.63) is 40.1 Å². The summed E-state index contributed by atoms with van der Waals surface area (Å²) in [5.74, 6) is -0.172. The van der Waals surface area contributed by atoms with Gasteiger partial charge in [0.1, 0.15) is 6.61 Å². The maximum absolute atomic E-state index is 11.4. The predicted molar refractivity (Wildman–Crippen MR) is 81.2 cm³/mol. The lowest BCUT2D eigenvalue weighted by Crippen LogP contribution is -2.17. The highest BCUT2D eigenvalue weighted by atomic mass is 79.9. The molecular weight excluding hydrogens is 322 g/mol.